The Morgan fingerprint density at radius 3 is 1.82 bits per heavy atom. The predicted octanol–water partition coefficient (Wildman–Crippen LogP) is 4.55. The molecule has 0 bridgehead atoms. The standard InChI is InChI=1S/C27H26N2O4/c1-18(21-9-5-3-6-10-21)28-26(30)23(15-20-13-14-24-25(16-20)33-17-32-24)27(31)29-19(2)22-11-7-4-8-12-22/h3-16,18-19H,17H2,1-2H3,(H,28,30)(H,29,31)/t18-,19-/m0/s1. The first kappa shape index (κ1) is 22.1. The van der Waals surface area contributed by atoms with E-state index in [0.29, 0.717) is 17.1 Å². The van der Waals surface area contributed by atoms with Crippen LogP contribution >= 0.6 is 0 Å². The average molecular weight is 443 g/mol. The van der Waals surface area contributed by atoms with Crippen LogP contribution in [0, 0.1) is 0 Å². The molecule has 0 radical (unpaired) electrons. The third-order valence-electron chi connectivity index (χ3n) is 5.49. The fourth-order valence-corrected chi connectivity index (χ4v) is 3.60. The Morgan fingerprint density at radius 1 is 0.758 bits per heavy atom. The van der Waals surface area contributed by atoms with Gasteiger partial charge in [-0.2, -0.15) is 0 Å². The molecule has 4 rings (SSSR count). The van der Waals surface area contributed by atoms with Crippen LogP contribution in [0.2, 0.25) is 0 Å². The molecule has 6 nitrogen and oxygen atoms in total. The van der Waals surface area contributed by atoms with Crippen molar-refractivity contribution in [1.29, 1.82) is 0 Å². The Labute approximate surface area is 193 Å². The van der Waals surface area contributed by atoms with E-state index in [4.69, 9.17) is 9.47 Å². The monoisotopic (exact) mass is 442 g/mol. The molecule has 1 aliphatic rings. The van der Waals surface area contributed by atoms with E-state index in [1.54, 1.807) is 24.3 Å². The Hall–Kier alpha value is -4.06. The molecule has 0 saturated heterocycles. The largest absolute Gasteiger partial charge is 0.454 e. The van der Waals surface area contributed by atoms with Gasteiger partial charge in [0.25, 0.3) is 11.8 Å². The number of ether oxygens (including phenoxy) is 2. The maximum absolute atomic E-state index is 13.2. The molecule has 2 atom stereocenters. The number of amides is 2. The summed E-state index contributed by atoms with van der Waals surface area (Å²) in [4.78, 5) is 26.5. The van der Waals surface area contributed by atoms with Gasteiger partial charge in [0.2, 0.25) is 6.79 Å². The highest BCUT2D eigenvalue weighted by atomic mass is 16.7. The summed E-state index contributed by atoms with van der Waals surface area (Å²) in [5.41, 5.74) is 2.58. The van der Waals surface area contributed by atoms with Gasteiger partial charge in [-0.3, -0.25) is 9.59 Å². The first-order valence-electron chi connectivity index (χ1n) is 10.8. The molecular weight excluding hydrogens is 416 g/mol. The van der Waals surface area contributed by atoms with E-state index >= 15 is 0 Å². The van der Waals surface area contributed by atoms with Gasteiger partial charge in [0, 0.05) is 0 Å². The van der Waals surface area contributed by atoms with Gasteiger partial charge in [0.05, 0.1) is 12.1 Å². The highest BCUT2D eigenvalue weighted by Gasteiger charge is 2.23. The second-order valence-electron chi connectivity index (χ2n) is 7.88. The molecule has 0 fully saturated rings. The zero-order valence-corrected chi connectivity index (χ0v) is 18.6. The number of carbonyl (C=O) groups excluding carboxylic acids is 2. The van der Waals surface area contributed by atoms with Crippen molar-refractivity contribution in [1.82, 2.24) is 10.6 Å². The highest BCUT2D eigenvalue weighted by molar-refractivity contribution is 6.21. The van der Waals surface area contributed by atoms with Crippen LogP contribution in [0.1, 0.15) is 42.6 Å². The molecule has 0 aromatic heterocycles. The van der Waals surface area contributed by atoms with Gasteiger partial charge in [-0.25, -0.2) is 0 Å². The molecule has 6 heteroatoms. The number of carbonyl (C=O) groups is 2. The van der Waals surface area contributed by atoms with Crippen LogP contribution in [0.5, 0.6) is 11.5 Å². The van der Waals surface area contributed by atoms with E-state index in [1.165, 1.54) is 0 Å². The zero-order valence-electron chi connectivity index (χ0n) is 18.6. The van der Waals surface area contributed by atoms with E-state index in [1.807, 2.05) is 74.5 Å². The molecule has 1 aliphatic heterocycles. The predicted molar refractivity (Wildman–Crippen MR) is 127 cm³/mol. The second kappa shape index (κ2) is 10.0. The normalized spacial score (nSPS) is 13.5. The lowest BCUT2D eigenvalue weighted by molar-refractivity contribution is -0.124. The first-order valence-corrected chi connectivity index (χ1v) is 10.8. The van der Waals surface area contributed by atoms with Crippen LogP contribution < -0.4 is 20.1 Å². The zero-order chi connectivity index (χ0) is 23.2. The fraction of sp³-hybridized carbons (Fsp3) is 0.185. The number of hydrogen-bond acceptors (Lipinski definition) is 4. The molecule has 2 N–H and O–H groups in total. The minimum absolute atomic E-state index is 0.0134. The van der Waals surface area contributed by atoms with Gasteiger partial charge in [-0.15, -0.1) is 0 Å². The minimum Gasteiger partial charge on any atom is -0.454 e. The number of nitrogens with one attached hydrogen (secondary N) is 2. The third-order valence-corrected chi connectivity index (χ3v) is 5.49. The number of benzene rings is 3. The van der Waals surface area contributed by atoms with Crippen molar-refractivity contribution in [3.63, 3.8) is 0 Å². The molecule has 168 valence electrons. The topological polar surface area (TPSA) is 76.7 Å². The van der Waals surface area contributed by atoms with Crippen molar-refractivity contribution in [3.05, 3.63) is 101 Å². The van der Waals surface area contributed by atoms with E-state index in [9.17, 15) is 9.59 Å². The van der Waals surface area contributed by atoms with Gasteiger partial charge in [-0.05, 0) is 48.7 Å². The lowest BCUT2D eigenvalue weighted by Crippen LogP contribution is -2.36. The van der Waals surface area contributed by atoms with Crippen LogP contribution in [0.15, 0.2) is 84.4 Å². The first-order chi connectivity index (χ1) is 16.0. The molecule has 0 spiro atoms. The van der Waals surface area contributed by atoms with Crippen molar-refractivity contribution in [2.45, 2.75) is 25.9 Å². The van der Waals surface area contributed by atoms with Crippen LogP contribution in [0.25, 0.3) is 6.08 Å². The van der Waals surface area contributed by atoms with Crippen molar-refractivity contribution in [3.8, 4) is 11.5 Å². The van der Waals surface area contributed by atoms with Crippen molar-refractivity contribution in [2.24, 2.45) is 0 Å². The van der Waals surface area contributed by atoms with Crippen LogP contribution in [0.4, 0.5) is 0 Å². The Kier molecular flexibility index (Phi) is 6.74. The van der Waals surface area contributed by atoms with Gasteiger partial charge in [0.15, 0.2) is 11.5 Å². The second-order valence-corrected chi connectivity index (χ2v) is 7.88. The molecule has 0 aliphatic carbocycles. The van der Waals surface area contributed by atoms with E-state index in [-0.39, 0.29) is 24.4 Å². The summed E-state index contributed by atoms with van der Waals surface area (Å²) < 4.78 is 10.8. The Balaban J connectivity index is 1.59. The third kappa shape index (κ3) is 5.41. The van der Waals surface area contributed by atoms with E-state index in [2.05, 4.69) is 10.6 Å². The van der Waals surface area contributed by atoms with Crippen molar-refractivity contribution in [2.75, 3.05) is 6.79 Å². The number of rotatable bonds is 7. The van der Waals surface area contributed by atoms with Gasteiger partial charge in [0.1, 0.15) is 5.57 Å². The van der Waals surface area contributed by atoms with Crippen molar-refractivity contribution < 1.29 is 19.1 Å². The van der Waals surface area contributed by atoms with Gasteiger partial charge >= 0.3 is 0 Å². The summed E-state index contributed by atoms with van der Waals surface area (Å²) in [6, 6.07) is 24.0. The Bertz CT molecular complexity index is 1100. The molecule has 33 heavy (non-hydrogen) atoms. The average Bonchev–Trinajstić information content (AvgIpc) is 3.31. The number of hydrogen-bond donors (Lipinski definition) is 2. The van der Waals surface area contributed by atoms with Crippen LogP contribution in [-0.4, -0.2) is 18.6 Å². The van der Waals surface area contributed by atoms with Crippen LogP contribution in [0.3, 0.4) is 0 Å². The summed E-state index contributed by atoms with van der Waals surface area (Å²) in [6.45, 7) is 3.92. The smallest absolute Gasteiger partial charge is 0.257 e. The molecule has 1 heterocycles. The van der Waals surface area contributed by atoms with Crippen molar-refractivity contribution >= 4 is 17.9 Å². The maximum Gasteiger partial charge on any atom is 0.257 e. The SMILES string of the molecule is C[C@H](NC(=O)C(=Cc1ccc2c(c1)OCO2)C(=O)N[C@@H](C)c1ccccc1)c1ccccc1. The van der Waals surface area contributed by atoms with Gasteiger partial charge < -0.3 is 20.1 Å². The molecule has 3 aromatic rings. The summed E-state index contributed by atoms with van der Waals surface area (Å²) in [5, 5.41) is 5.88. The lowest BCUT2D eigenvalue weighted by atomic mass is 10.0. The molecule has 3 aromatic carbocycles. The molecule has 2 amide bonds. The van der Waals surface area contributed by atoms with E-state index in [0.717, 1.165) is 11.1 Å². The molecule has 0 unspecified atom stereocenters. The fourth-order valence-electron chi connectivity index (χ4n) is 3.60. The maximum atomic E-state index is 13.2. The lowest BCUT2D eigenvalue weighted by Gasteiger charge is -2.18. The van der Waals surface area contributed by atoms with Gasteiger partial charge in [-0.1, -0.05) is 66.7 Å². The van der Waals surface area contributed by atoms with Crippen LogP contribution in [-0.2, 0) is 9.59 Å². The quantitative estimate of drug-likeness (QED) is 0.320. The summed E-state index contributed by atoms with van der Waals surface area (Å²) in [7, 11) is 0. The molecular formula is C27H26N2O4. The summed E-state index contributed by atoms with van der Waals surface area (Å²) >= 11 is 0. The highest BCUT2D eigenvalue weighted by Crippen LogP contribution is 2.33. The Morgan fingerprint density at radius 2 is 1.27 bits per heavy atom. The summed E-state index contributed by atoms with van der Waals surface area (Å²) in [5.74, 6) is 0.306. The molecule has 0 saturated carbocycles. The number of fused-ring (bicyclic) bond motifs is 1. The van der Waals surface area contributed by atoms with E-state index < -0.39 is 11.8 Å². The summed E-state index contributed by atoms with van der Waals surface area (Å²) in [6.07, 6.45) is 1.57. The minimum atomic E-state index is -0.457.